The number of hydrogen-bond acceptors (Lipinski definition) is 5. The third-order valence-corrected chi connectivity index (χ3v) is 3.28. The maximum Gasteiger partial charge on any atom is 0.234 e. The van der Waals surface area contributed by atoms with E-state index in [1.165, 1.54) is 0 Å². The summed E-state index contributed by atoms with van der Waals surface area (Å²) < 4.78 is 10.4. The highest BCUT2D eigenvalue weighted by molar-refractivity contribution is 5.77. The first-order valence-electron chi connectivity index (χ1n) is 7.30. The van der Waals surface area contributed by atoms with Crippen molar-refractivity contribution in [2.45, 2.75) is 13.1 Å². The van der Waals surface area contributed by atoms with Crippen LogP contribution in [0, 0.1) is 0 Å². The van der Waals surface area contributed by atoms with Gasteiger partial charge in [0, 0.05) is 25.5 Å². The average Bonchev–Trinajstić information content (AvgIpc) is 2.60. The van der Waals surface area contributed by atoms with Crippen LogP contribution in [-0.4, -0.2) is 31.7 Å². The number of nitrogens with zero attached hydrogens (tertiary/aromatic N) is 1. The lowest BCUT2D eigenvalue weighted by molar-refractivity contribution is -0.120. The zero-order valence-electron chi connectivity index (χ0n) is 13.3. The van der Waals surface area contributed by atoms with Gasteiger partial charge in [0.25, 0.3) is 0 Å². The van der Waals surface area contributed by atoms with E-state index in [0.717, 1.165) is 11.1 Å². The van der Waals surface area contributed by atoms with Gasteiger partial charge in [-0.25, -0.2) is 0 Å². The summed E-state index contributed by atoms with van der Waals surface area (Å²) in [6, 6.07) is 9.43. The van der Waals surface area contributed by atoms with Gasteiger partial charge in [0.2, 0.25) is 5.91 Å². The summed E-state index contributed by atoms with van der Waals surface area (Å²) in [6.07, 6.45) is 3.44. The highest BCUT2D eigenvalue weighted by Crippen LogP contribution is 2.27. The molecule has 0 radical (unpaired) electrons. The van der Waals surface area contributed by atoms with Gasteiger partial charge in [0.15, 0.2) is 11.5 Å². The molecule has 0 bridgehead atoms. The standard InChI is InChI=1S/C17H21N3O3/c1-22-15-6-5-13(8-16(15)23-2)9-19-12-17(21)20-11-14-4-3-7-18-10-14/h3-8,10,19H,9,11-12H2,1-2H3,(H,20,21). The van der Waals surface area contributed by atoms with Crippen LogP contribution < -0.4 is 20.1 Å². The van der Waals surface area contributed by atoms with Crippen LogP contribution in [0.5, 0.6) is 11.5 Å². The minimum Gasteiger partial charge on any atom is -0.493 e. The summed E-state index contributed by atoms with van der Waals surface area (Å²) in [6.45, 7) is 1.29. The van der Waals surface area contributed by atoms with Crippen LogP contribution in [0.15, 0.2) is 42.7 Å². The van der Waals surface area contributed by atoms with Crippen molar-refractivity contribution in [1.82, 2.24) is 15.6 Å². The minimum absolute atomic E-state index is 0.0608. The fourth-order valence-corrected chi connectivity index (χ4v) is 2.08. The molecule has 1 aromatic carbocycles. The minimum atomic E-state index is -0.0608. The SMILES string of the molecule is COc1ccc(CNCC(=O)NCc2cccnc2)cc1OC. The first kappa shape index (κ1) is 16.8. The number of carbonyl (C=O) groups excluding carboxylic acids is 1. The summed E-state index contributed by atoms with van der Waals surface area (Å²) in [5.74, 6) is 1.30. The molecule has 0 atom stereocenters. The van der Waals surface area contributed by atoms with Crippen LogP contribution in [-0.2, 0) is 17.9 Å². The monoisotopic (exact) mass is 315 g/mol. The lowest BCUT2D eigenvalue weighted by Gasteiger charge is -2.10. The smallest absolute Gasteiger partial charge is 0.234 e. The van der Waals surface area contributed by atoms with Crippen LogP contribution in [0.4, 0.5) is 0 Å². The highest BCUT2D eigenvalue weighted by atomic mass is 16.5. The number of nitrogens with one attached hydrogen (secondary N) is 2. The molecule has 122 valence electrons. The Kier molecular flexibility index (Phi) is 6.38. The van der Waals surface area contributed by atoms with Gasteiger partial charge in [-0.2, -0.15) is 0 Å². The fraction of sp³-hybridized carbons (Fsp3) is 0.294. The summed E-state index contributed by atoms with van der Waals surface area (Å²) in [4.78, 5) is 15.8. The van der Waals surface area contributed by atoms with Crippen molar-refractivity contribution >= 4 is 5.91 Å². The van der Waals surface area contributed by atoms with E-state index in [1.54, 1.807) is 26.6 Å². The molecular formula is C17H21N3O3. The lowest BCUT2D eigenvalue weighted by atomic mass is 10.2. The molecular weight excluding hydrogens is 294 g/mol. The van der Waals surface area contributed by atoms with E-state index in [-0.39, 0.29) is 12.5 Å². The van der Waals surface area contributed by atoms with Crippen molar-refractivity contribution in [2.24, 2.45) is 0 Å². The van der Waals surface area contributed by atoms with Crippen LogP contribution in [0.25, 0.3) is 0 Å². The molecule has 0 saturated carbocycles. The van der Waals surface area contributed by atoms with Crippen molar-refractivity contribution in [3.05, 3.63) is 53.9 Å². The summed E-state index contributed by atoms with van der Waals surface area (Å²) >= 11 is 0. The molecule has 0 aliphatic rings. The molecule has 2 aromatic rings. The highest BCUT2D eigenvalue weighted by Gasteiger charge is 2.05. The first-order valence-corrected chi connectivity index (χ1v) is 7.30. The number of aromatic nitrogens is 1. The molecule has 6 heteroatoms. The van der Waals surface area contributed by atoms with E-state index in [0.29, 0.717) is 24.6 Å². The number of carbonyl (C=O) groups is 1. The molecule has 0 fully saturated rings. The first-order chi connectivity index (χ1) is 11.2. The van der Waals surface area contributed by atoms with E-state index >= 15 is 0 Å². The van der Waals surface area contributed by atoms with Gasteiger partial charge in [0.1, 0.15) is 0 Å². The van der Waals surface area contributed by atoms with Crippen molar-refractivity contribution in [3.63, 3.8) is 0 Å². The fourth-order valence-electron chi connectivity index (χ4n) is 2.08. The molecule has 6 nitrogen and oxygen atoms in total. The largest absolute Gasteiger partial charge is 0.493 e. The second-order valence-electron chi connectivity index (χ2n) is 4.93. The molecule has 1 heterocycles. The molecule has 0 spiro atoms. The molecule has 23 heavy (non-hydrogen) atoms. The van der Waals surface area contributed by atoms with Gasteiger partial charge < -0.3 is 20.1 Å². The van der Waals surface area contributed by atoms with Crippen molar-refractivity contribution in [1.29, 1.82) is 0 Å². The van der Waals surface area contributed by atoms with Gasteiger partial charge in [0.05, 0.1) is 20.8 Å². The van der Waals surface area contributed by atoms with Gasteiger partial charge in [-0.3, -0.25) is 9.78 Å². The molecule has 2 rings (SSSR count). The van der Waals surface area contributed by atoms with Crippen LogP contribution >= 0.6 is 0 Å². The van der Waals surface area contributed by atoms with E-state index in [1.807, 2.05) is 30.3 Å². The Morgan fingerprint density at radius 2 is 1.91 bits per heavy atom. The zero-order valence-corrected chi connectivity index (χ0v) is 13.3. The summed E-state index contributed by atoms with van der Waals surface area (Å²) in [7, 11) is 3.20. The van der Waals surface area contributed by atoms with E-state index in [4.69, 9.17) is 9.47 Å². The van der Waals surface area contributed by atoms with Gasteiger partial charge in [-0.05, 0) is 29.3 Å². The normalized spacial score (nSPS) is 10.2. The Bertz CT molecular complexity index is 632. The molecule has 0 aliphatic heterocycles. The summed E-state index contributed by atoms with van der Waals surface area (Å²) in [5.41, 5.74) is 1.99. The Morgan fingerprint density at radius 3 is 2.61 bits per heavy atom. The lowest BCUT2D eigenvalue weighted by Crippen LogP contribution is -2.33. The Labute approximate surface area is 135 Å². The molecule has 0 unspecified atom stereocenters. The number of hydrogen-bond donors (Lipinski definition) is 2. The third kappa shape index (κ3) is 5.27. The van der Waals surface area contributed by atoms with Crippen LogP contribution in [0.2, 0.25) is 0 Å². The second-order valence-corrected chi connectivity index (χ2v) is 4.93. The molecule has 2 N–H and O–H groups in total. The Morgan fingerprint density at radius 1 is 1.09 bits per heavy atom. The second kappa shape index (κ2) is 8.75. The maximum atomic E-state index is 11.8. The predicted molar refractivity (Wildman–Crippen MR) is 87.3 cm³/mol. The number of amides is 1. The summed E-state index contributed by atoms with van der Waals surface area (Å²) in [5, 5.41) is 5.94. The van der Waals surface area contributed by atoms with Crippen molar-refractivity contribution in [2.75, 3.05) is 20.8 Å². The molecule has 0 saturated heterocycles. The Hall–Kier alpha value is -2.60. The Balaban J connectivity index is 1.75. The number of methoxy groups -OCH3 is 2. The molecule has 0 aliphatic carbocycles. The third-order valence-electron chi connectivity index (χ3n) is 3.28. The number of pyridine rings is 1. The van der Waals surface area contributed by atoms with Crippen LogP contribution in [0.1, 0.15) is 11.1 Å². The van der Waals surface area contributed by atoms with E-state index < -0.39 is 0 Å². The van der Waals surface area contributed by atoms with Gasteiger partial charge >= 0.3 is 0 Å². The van der Waals surface area contributed by atoms with E-state index in [2.05, 4.69) is 15.6 Å². The predicted octanol–water partition coefficient (Wildman–Crippen LogP) is 1.50. The maximum absolute atomic E-state index is 11.8. The molecule has 1 amide bonds. The van der Waals surface area contributed by atoms with Crippen LogP contribution in [0.3, 0.4) is 0 Å². The van der Waals surface area contributed by atoms with Gasteiger partial charge in [-0.15, -0.1) is 0 Å². The number of rotatable bonds is 8. The van der Waals surface area contributed by atoms with Crippen molar-refractivity contribution < 1.29 is 14.3 Å². The number of ether oxygens (including phenoxy) is 2. The quantitative estimate of drug-likeness (QED) is 0.772. The van der Waals surface area contributed by atoms with Gasteiger partial charge in [-0.1, -0.05) is 12.1 Å². The number of benzene rings is 1. The van der Waals surface area contributed by atoms with Crippen molar-refractivity contribution in [3.8, 4) is 11.5 Å². The molecule has 1 aromatic heterocycles. The van der Waals surface area contributed by atoms with E-state index in [9.17, 15) is 4.79 Å². The zero-order chi connectivity index (χ0) is 16.5. The topological polar surface area (TPSA) is 72.5 Å². The average molecular weight is 315 g/mol.